The highest BCUT2D eigenvalue weighted by atomic mass is 32.2. The van der Waals surface area contributed by atoms with Gasteiger partial charge in [-0.05, 0) is 63.3 Å². The lowest BCUT2D eigenvalue weighted by atomic mass is 9.99. The molecule has 1 aromatic rings. The van der Waals surface area contributed by atoms with Crippen molar-refractivity contribution in [2.24, 2.45) is 5.92 Å². The average molecular weight is 420 g/mol. The maximum absolute atomic E-state index is 13.2. The second-order valence-electron chi connectivity index (χ2n) is 8.54. The highest BCUT2D eigenvalue weighted by molar-refractivity contribution is 7.89. The lowest BCUT2D eigenvalue weighted by molar-refractivity contribution is -0.129. The van der Waals surface area contributed by atoms with E-state index in [1.807, 2.05) is 13.8 Å². The maximum Gasteiger partial charge on any atom is 0.243 e. The molecule has 2 fully saturated rings. The van der Waals surface area contributed by atoms with Gasteiger partial charge in [-0.1, -0.05) is 0 Å². The van der Waals surface area contributed by atoms with E-state index in [4.69, 9.17) is 0 Å². The van der Waals surface area contributed by atoms with Crippen LogP contribution in [0.3, 0.4) is 0 Å². The third-order valence-electron chi connectivity index (χ3n) is 6.27. The summed E-state index contributed by atoms with van der Waals surface area (Å²) in [5, 5.41) is 0. The molecule has 7 nitrogen and oxygen atoms in total. The molecule has 4 rings (SSSR count). The summed E-state index contributed by atoms with van der Waals surface area (Å²) in [5.41, 5.74) is 1.69. The molecule has 2 amide bonds. The number of benzene rings is 1. The molecule has 3 heterocycles. The first-order valence-electron chi connectivity index (χ1n) is 10.5. The van der Waals surface area contributed by atoms with Crippen molar-refractivity contribution >= 4 is 27.5 Å². The Labute approximate surface area is 172 Å². The van der Waals surface area contributed by atoms with Gasteiger partial charge in [0.1, 0.15) is 0 Å². The largest absolute Gasteiger partial charge is 0.339 e. The van der Waals surface area contributed by atoms with Crippen LogP contribution in [0.2, 0.25) is 0 Å². The molecule has 0 spiro atoms. The fourth-order valence-electron chi connectivity index (χ4n) is 4.66. The van der Waals surface area contributed by atoms with Gasteiger partial charge in [-0.25, -0.2) is 8.42 Å². The fourth-order valence-corrected chi connectivity index (χ4v) is 6.23. The van der Waals surface area contributed by atoms with Crippen molar-refractivity contribution in [1.82, 2.24) is 9.21 Å². The van der Waals surface area contributed by atoms with Crippen LogP contribution >= 0.6 is 0 Å². The Morgan fingerprint density at radius 2 is 1.83 bits per heavy atom. The van der Waals surface area contributed by atoms with E-state index in [9.17, 15) is 18.0 Å². The van der Waals surface area contributed by atoms with Crippen molar-refractivity contribution in [1.29, 1.82) is 0 Å². The zero-order chi connectivity index (χ0) is 20.8. The first kappa shape index (κ1) is 20.3. The Morgan fingerprint density at radius 1 is 1.10 bits per heavy atom. The van der Waals surface area contributed by atoms with Crippen LogP contribution in [0, 0.1) is 5.92 Å². The quantitative estimate of drug-likeness (QED) is 0.748. The number of fused-ring (bicyclic) bond motifs is 1. The SMILES string of the molecule is CC(C)N1CC(C(=O)N2CCCc3cc(S(=O)(=O)N4CCCC4)ccc32)CC1=O. The topological polar surface area (TPSA) is 78.0 Å². The predicted octanol–water partition coefficient (Wildman–Crippen LogP) is 2.01. The van der Waals surface area contributed by atoms with Gasteiger partial charge in [-0.2, -0.15) is 4.31 Å². The summed E-state index contributed by atoms with van der Waals surface area (Å²) in [7, 11) is -3.47. The summed E-state index contributed by atoms with van der Waals surface area (Å²) in [4.78, 5) is 29.2. The Morgan fingerprint density at radius 3 is 2.48 bits per heavy atom. The monoisotopic (exact) mass is 419 g/mol. The Bertz CT molecular complexity index is 922. The van der Waals surface area contributed by atoms with Crippen LogP contribution in [0.4, 0.5) is 5.69 Å². The van der Waals surface area contributed by atoms with E-state index in [2.05, 4.69) is 0 Å². The molecular formula is C21H29N3O4S. The van der Waals surface area contributed by atoms with Crippen LogP contribution in [0.25, 0.3) is 0 Å². The van der Waals surface area contributed by atoms with Crippen molar-refractivity contribution in [2.45, 2.75) is 56.9 Å². The number of hydrogen-bond acceptors (Lipinski definition) is 4. The van der Waals surface area contributed by atoms with Crippen LogP contribution in [-0.4, -0.2) is 61.7 Å². The van der Waals surface area contributed by atoms with Crippen molar-refractivity contribution in [2.75, 3.05) is 31.1 Å². The summed E-state index contributed by atoms with van der Waals surface area (Å²) >= 11 is 0. The van der Waals surface area contributed by atoms with E-state index in [0.29, 0.717) is 31.1 Å². The van der Waals surface area contributed by atoms with Crippen molar-refractivity contribution in [3.8, 4) is 0 Å². The number of rotatable bonds is 4. The van der Waals surface area contributed by atoms with Crippen molar-refractivity contribution < 1.29 is 18.0 Å². The van der Waals surface area contributed by atoms with Crippen molar-refractivity contribution in [3.05, 3.63) is 23.8 Å². The number of likely N-dealkylation sites (tertiary alicyclic amines) is 1. The number of sulfonamides is 1. The zero-order valence-electron chi connectivity index (χ0n) is 17.1. The van der Waals surface area contributed by atoms with Gasteiger partial charge in [0, 0.05) is 44.3 Å². The van der Waals surface area contributed by atoms with Gasteiger partial charge in [-0.3, -0.25) is 9.59 Å². The minimum atomic E-state index is -3.47. The predicted molar refractivity (Wildman–Crippen MR) is 110 cm³/mol. The second kappa shape index (κ2) is 7.72. The van der Waals surface area contributed by atoms with E-state index in [1.165, 1.54) is 0 Å². The molecule has 1 aromatic carbocycles. The molecule has 8 heteroatoms. The van der Waals surface area contributed by atoms with Crippen molar-refractivity contribution in [3.63, 3.8) is 0 Å². The molecule has 158 valence electrons. The lowest BCUT2D eigenvalue weighted by Gasteiger charge is -2.32. The normalized spacial score (nSPS) is 23.1. The molecule has 0 bridgehead atoms. The standard InChI is InChI=1S/C21H29N3O4S/c1-15(2)24-14-17(13-20(24)25)21(26)23-11-5-6-16-12-18(7-8-19(16)23)29(27,28)22-9-3-4-10-22/h7-8,12,15,17H,3-6,9-11,13-14H2,1-2H3. The molecule has 3 aliphatic rings. The number of amides is 2. The zero-order valence-corrected chi connectivity index (χ0v) is 18.0. The van der Waals surface area contributed by atoms with E-state index < -0.39 is 10.0 Å². The Hall–Kier alpha value is -1.93. The van der Waals surface area contributed by atoms with Gasteiger partial charge in [0.15, 0.2) is 0 Å². The molecule has 0 radical (unpaired) electrons. The first-order chi connectivity index (χ1) is 13.8. The third-order valence-corrected chi connectivity index (χ3v) is 8.16. The van der Waals surface area contributed by atoms with Gasteiger partial charge < -0.3 is 9.80 Å². The Balaban J connectivity index is 1.57. The first-order valence-corrected chi connectivity index (χ1v) is 12.0. The van der Waals surface area contributed by atoms with Crippen LogP contribution in [0.15, 0.2) is 23.1 Å². The summed E-state index contributed by atoms with van der Waals surface area (Å²) in [6, 6.07) is 5.22. The molecule has 0 saturated carbocycles. The average Bonchev–Trinajstić information content (AvgIpc) is 3.36. The number of carbonyl (C=O) groups is 2. The Kier molecular flexibility index (Phi) is 5.42. The molecule has 1 atom stereocenters. The van der Waals surface area contributed by atoms with Gasteiger partial charge in [0.25, 0.3) is 0 Å². The molecule has 1 unspecified atom stereocenters. The lowest BCUT2D eigenvalue weighted by Crippen LogP contribution is -2.41. The summed E-state index contributed by atoms with van der Waals surface area (Å²) in [6.07, 6.45) is 3.61. The highest BCUT2D eigenvalue weighted by Crippen LogP contribution is 2.33. The molecule has 0 aromatic heterocycles. The smallest absolute Gasteiger partial charge is 0.243 e. The van der Waals surface area contributed by atoms with Gasteiger partial charge in [0.2, 0.25) is 21.8 Å². The van der Waals surface area contributed by atoms with E-state index in [0.717, 1.165) is 36.9 Å². The fraction of sp³-hybridized carbons (Fsp3) is 0.619. The minimum absolute atomic E-state index is 0.0300. The summed E-state index contributed by atoms with van der Waals surface area (Å²) < 4.78 is 27.3. The highest BCUT2D eigenvalue weighted by Gasteiger charge is 2.39. The van der Waals surface area contributed by atoms with Crippen LogP contribution < -0.4 is 4.90 Å². The van der Waals surface area contributed by atoms with Crippen LogP contribution in [0.5, 0.6) is 0 Å². The molecule has 3 aliphatic heterocycles. The number of hydrogen-bond donors (Lipinski definition) is 0. The minimum Gasteiger partial charge on any atom is -0.339 e. The molecule has 2 saturated heterocycles. The number of aryl methyl sites for hydroxylation is 1. The number of carbonyl (C=O) groups excluding carboxylic acids is 2. The molecule has 29 heavy (non-hydrogen) atoms. The maximum atomic E-state index is 13.2. The second-order valence-corrected chi connectivity index (χ2v) is 10.5. The number of nitrogens with zero attached hydrogens (tertiary/aromatic N) is 3. The van der Waals surface area contributed by atoms with Gasteiger partial charge in [0.05, 0.1) is 10.8 Å². The number of anilines is 1. The van der Waals surface area contributed by atoms with Crippen LogP contribution in [0.1, 0.15) is 45.1 Å². The van der Waals surface area contributed by atoms with E-state index in [-0.39, 0.29) is 30.2 Å². The molecular weight excluding hydrogens is 390 g/mol. The molecule has 0 N–H and O–H groups in total. The van der Waals surface area contributed by atoms with Gasteiger partial charge >= 0.3 is 0 Å². The van der Waals surface area contributed by atoms with Crippen LogP contribution in [-0.2, 0) is 26.0 Å². The third kappa shape index (κ3) is 3.68. The summed E-state index contributed by atoms with van der Waals surface area (Å²) in [6.45, 7) is 6.14. The summed E-state index contributed by atoms with van der Waals surface area (Å²) in [5.74, 6) is -0.330. The molecule has 0 aliphatic carbocycles. The van der Waals surface area contributed by atoms with E-state index in [1.54, 1.807) is 32.3 Å². The van der Waals surface area contributed by atoms with E-state index >= 15 is 0 Å². The van der Waals surface area contributed by atoms with Gasteiger partial charge in [-0.15, -0.1) is 0 Å².